The maximum atomic E-state index is 6.73. The molecule has 4 heteroatoms. The van der Waals surface area contributed by atoms with Gasteiger partial charge in [-0.15, -0.1) is 0 Å². The van der Waals surface area contributed by atoms with Crippen LogP contribution in [0.4, 0.5) is 0 Å². The van der Waals surface area contributed by atoms with Crippen LogP contribution >= 0.6 is 15.8 Å². The fourth-order valence-corrected chi connectivity index (χ4v) is 11.6. The summed E-state index contributed by atoms with van der Waals surface area (Å²) in [7, 11) is -1.61. The molecule has 5 aromatic carbocycles. The zero-order valence-corrected chi connectivity index (χ0v) is 26.5. The molecule has 0 amide bonds. The molecule has 1 heterocycles. The molecule has 0 spiro atoms. The van der Waals surface area contributed by atoms with E-state index in [2.05, 4.69) is 152 Å². The van der Waals surface area contributed by atoms with E-state index >= 15 is 0 Å². The van der Waals surface area contributed by atoms with Crippen LogP contribution in [0.2, 0.25) is 0 Å². The number of benzene rings is 5. The van der Waals surface area contributed by atoms with E-state index in [0.29, 0.717) is 13.2 Å². The molecule has 0 bridgehead atoms. The van der Waals surface area contributed by atoms with Crippen molar-refractivity contribution in [2.45, 2.75) is 24.9 Å². The van der Waals surface area contributed by atoms with E-state index in [0.717, 1.165) is 30.8 Å². The fourth-order valence-electron chi connectivity index (χ4n) is 6.26. The minimum atomic E-state index is -0.862. The molecule has 0 saturated heterocycles. The number of hydrogen-bond donors (Lipinski definition) is 0. The minimum Gasteiger partial charge on any atom is -0.493 e. The van der Waals surface area contributed by atoms with Gasteiger partial charge in [0.1, 0.15) is 11.5 Å². The van der Waals surface area contributed by atoms with Crippen LogP contribution in [-0.4, -0.2) is 18.9 Å². The first-order valence-electron chi connectivity index (χ1n) is 15.5. The van der Waals surface area contributed by atoms with Crippen molar-refractivity contribution in [2.75, 3.05) is 13.2 Å². The molecular weight excluding hydrogens is 574 g/mol. The zero-order valence-electron chi connectivity index (χ0n) is 24.8. The average Bonchev–Trinajstić information content (AvgIpc) is 3.09. The van der Waals surface area contributed by atoms with Crippen molar-refractivity contribution in [3.8, 4) is 5.75 Å². The van der Waals surface area contributed by atoms with Crippen LogP contribution in [0.25, 0.3) is 5.57 Å². The lowest BCUT2D eigenvalue weighted by molar-refractivity contribution is 0.203. The second kappa shape index (κ2) is 13.8. The van der Waals surface area contributed by atoms with Gasteiger partial charge >= 0.3 is 0 Å². The summed E-state index contributed by atoms with van der Waals surface area (Å²) in [5, 5.41) is 6.75. The Bertz CT molecular complexity index is 1660. The van der Waals surface area contributed by atoms with Crippen molar-refractivity contribution in [3.63, 3.8) is 0 Å². The topological polar surface area (TPSA) is 18.5 Å². The highest BCUT2D eigenvalue weighted by atomic mass is 31.1. The van der Waals surface area contributed by atoms with Crippen LogP contribution < -0.4 is 31.3 Å². The van der Waals surface area contributed by atoms with Gasteiger partial charge in [0, 0.05) is 16.8 Å². The first-order chi connectivity index (χ1) is 21.9. The molecule has 0 saturated carbocycles. The van der Waals surface area contributed by atoms with E-state index < -0.39 is 15.8 Å². The van der Waals surface area contributed by atoms with Crippen molar-refractivity contribution < 1.29 is 9.47 Å². The number of ether oxygens (including phenoxy) is 2. The van der Waals surface area contributed by atoms with E-state index in [1.807, 2.05) is 0 Å². The lowest BCUT2D eigenvalue weighted by Crippen LogP contribution is -2.30. The third-order valence-electron chi connectivity index (χ3n) is 8.20. The summed E-state index contributed by atoms with van der Waals surface area (Å²) >= 11 is 0. The summed E-state index contributed by atoms with van der Waals surface area (Å²) in [4.78, 5) is 0. The van der Waals surface area contributed by atoms with E-state index in [1.54, 1.807) is 0 Å². The van der Waals surface area contributed by atoms with Crippen LogP contribution in [0.3, 0.4) is 0 Å². The Balaban J connectivity index is 1.50. The number of rotatable bonds is 6. The predicted octanol–water partition coefficient (Wildman–Crippen LogP) is 7.81. The van der Waals surface area contributed by atoms with Crippen molar-refractivity contribution in [2.24, 2.45) is 0 Å². The summed E-state index contributed by atoms with van der Waals surface area (Å²) < 4.78 is 13.5. The normalized spacial score (nSPS) is 16.5. The van der Waals surface area contributed by atoms with Crippen molar-refractivity contribution in [3.05, 3.63) is 163 Å². The quantitative estimate of drug-likeness (QED) is 0.183. The van der Waals surface area contributed by atoms with E-state index in [4.69, 9.17) is 9.47 Å². The van der Waals surface area contributed by atoms with E-state index in [9.17, 15) is 0 Å². The Morgan fingerprint density at radius 1 is 0.523 bits per heavy atom. The largest absolute Gasteiger partial charge is 0.493 e. The lowest BCUT2D eigenvalue weighted by atomic mass is 9.94. The molecule has 1 aliphatic heterocycles. The number of hydrogen-bond acceptors (Lipinski definition) is 2. The molecule has 44 heavy (non-hydrogen) atoms. The molecule has 7 rings (SSSR count). The van der Waals surface area contributed by atoms with Crippen molar-refractivity contribution >= 4 is 47.9 Å². The molecule has 1 unspecified atom stereocenters. The monoisotopic (exact) mass is 610 g/mol. The van der Waals surface area contributed by atoms with Crippen LogP contribution in [0.5, 0.6) is 5.75 Å². The average molecular weight is 611 g/mol. The third kappa shape index (κ3) is 6.03. The van der Waals surface area contributed by atoms with Crippen molar-refractivity contribution in [1.82, 2.24) is 0 Å². The van der Waals surface area contributed by atoms with Crippen LogP contribution in [0.1, 0.15) is 24.8 Å². The minimum absolute atomic E-state index is 0.223. The van der Waals surface area contributed by atoms with Gasteiger partial charge in [0.15, 0.2) is 0 Å². The molecule has 2 aliphatic rings. The standard InChI is InChI=1S/C40H36O2P2/c1-5-17-31(18-6-1)43(32-19-7-2-8-20-32)37-27-15-25-35-39(37)40-36(42-30-14-13-29-41-35)26-16-28-38(40)44(33-21-9-3-10-22-33)34-23-11-4-12-24-34/h1-12,15-27,38H,13-14,28-30H2. The van der Waals surface area contributed by atoms with Crippen LogP contribution in [0, 0.1) is 0 Å². The molecule has 5 aromatic rings. The molecule has 0 N–H and O–H groups in total. The number of fused-ring (bicyclic) bond motifs is 2. The van der Waals surface area contributed by atoms with Gasteiger partial charge < -0.3 is 9.47 Å². The lowest BCUT2D eigenvalue weighted by Gasteiger charge is -2.36. The molecule has 1 aliphatic carbocycles. The van der Waals surface area contributed by atoms with Crippen LogP contribution in [-0.2, 0) is 4.74 Å². The van der Waals surface area contributed by atoms with Crippen molar-refractivity contribution in [1.29, 1.82) is 0 Å². The van der Waals surface area contributed by atoms with Gasteiger partial charge in [-0.05, 0) is 73.8 Å². The molecule has 218 valence electrons. The van der Waals surface area contributed by atoms with Gasteiger partial charge in [0.2, 0.25) is 0 Å². The molecule has 2 nitrogen and oxygen atoms in total. The number of allylic oxidation sites excluding steroid dienone is 3. The summed E-state index contributed by atoms with van der Waals surface area (Å²) in [5.41, 5.74) is 2.73. The first kappa shape index (κ1) is 28.8. The Hall–Kier alpha value is -3.96. The van der Waals surface area contributed by atoms with Gasteiger partial charge in [0.25, 0.3) is 0 Å². The first-order valence-corrected chi connectivity index (χ1v) is 18.2. The highest BCUT2D eigenvalue weighted by Crippen LogP contribution is 2.53. The second-order valence-corrected chi connectivity index (χ2v) is 15.6. The molecule has 0 radical (unpaired) electrons. The SMILES string of the molecule is C1=CC2=C(c3c(cccc3P(c3ccccc3)c3ccccc3)OCCCCO2)C(P(c2ccccc2)c2ccccc2)C1. The van der Waals surface area contributed by atoms with Gasteiger partial charge in [0.05, 0.1) is 13.2 Å². The van der Waals surface area contributed by atoms with E-state index in [-0.39, 0.29) is 5.66 Å². The van der Waals surface area contributed by atoms with Gasteiger partial charge in [-0.25, -0.2) is 0 Å². The van der Waals surface area contributed by atoms with Crippen LogP contribution in [0.15, 0.2) is 157 Å². The van der Waals surface area contributed by atoms with Gasteiger partial charge in [-0.2, -0.15) is 0 Å². The summed E-state index contributed by atoms with van der Waals surface area (Å²) in [5.74, 6) is 1.96. The summed E-state index contributed by atoms with van der Waals surface area (Å²) in [6, 6.07) is 50.9. The molecule has 0 fully saturated rings. The highest BCUT2D eigenvalue weighted by molar-refractivity contribution is 7.80. The predicted molar refractivity (Wildman–Crippen MR) is 189 cm³/mol. The Kier molecular flexibility index (Phi) is 9.01. The summed E-state index contributed by atoms with van der Waals surface area (Å²) in [6.45, 7) is 1.38. The molecular formula is C40H36O2P2. The Morgan fingerprint density at radius 2 is 1.05 bits per heavy atom. The molecule has 0 aromatic heterocycles. The Labute approximate surface area is 263 Å². The van der Waals surface area contributed by atoms with Gasteiger partial charge in [-0.3, -0.25) is 0 Å². The third-order valence-corrected chi connectivity index (χ3v) is 13.5. The summed E-state index contributed by atoms with van der Waals surface area (Å²) in [6.07, 6.45) is 7.44. The highest BCUT2D eigenvalue weighted by Gasteiger charge is 2.36. The van der Waals surface area contributed by atoms with Gasteiger partial charge in [-0.1, -0.05) is 140 Å². The smallest absolute Gasteiger partial charge is 0.127 e. The molecule has 1 atom stereocenters. The second-order valence-electron chi connectivity index (χ2n) is 11.0. The van der Waals surface area contributed by atoms with E-state index in [1.165, 1.54) is 37.7 Å². The fraction of sp³-hybridized carbons (Fsp3) is 0.150. The maximum absolute atomic E-state index is 6.73. The maximum Gasteiger partial charge on any atom is 0.127 e. The zero-order chi connectivity index (χ0) is 29.6. The Morgan fingerprint density at radius 3 is 1.61 bits per heavy atom.